The standard InChI is InChI=1S/C19H15Cl3N6O3S3/c1-28-7-9(6-13(28)15(29)19(20,21)22)12-8-32-17(26-12)14-16(23)27-18(33-14)25-10-2-4-11(5-3-10)34(24,30)31/h2-8H,23H2,1H3,(H,25,27)(H2,24,30,31). The lowest BCUT2D eigenvalue weighted by atomic mass is 10.2. The second-order valence-corrected chi connectivity index (χ2v) is 12.7. The van der Waals surface area contributed by atoms with E-state index in [-0.39, 0.29) is 16.4 Å². The zero-order valence-electron chi connectivity index (χ0n) is 17.1. The number of aromatic nitrogens is 3. The van der Waals surface area contributed by atoms with Gasteiger partial charge in [-0.05, 0) is 30.3 Å². The van der Waals surface area contributed by atoms with Crippen LogP contribution in [0.2, 0.25) is 0 Å². The van der Waals surface area contributed by atoms with E-state index in [1.54, 1.807) is 36.0 Å². The molecule has 3 heterocycles. The summed E-state index contributed by atoms with van der Waals surface area (Å²) < 4.78 is 22.3. The minimum absolute atomic E-state index is 0.00677. The average Bonchev–Trinajstić information content (AvgIpc) is 3.45. The molecule has 0 spiro atoms. The molecule has 5 N–H and O–H groups in total. The first-order valence-corrected chi connectivity index (χ1v) is 13.6. The van der Waals surface area contributed by atoms with Gasteiger partial charge in [-0.2, -0.15) is 0 Å². The van der Waals surface area contributed by atoms with Gasteiger partial charge in [0.25, 0.3) is 3.79 Å². The molecule has 4 rings (SSSR count). The molecule has 34 heavy (non-hydrogen) atoms. The number of benzene rings is 1. The number of hydrogen-bond acceptors (Lipinski definition) is 9. The lowest BCUT2D eigenvalue weighted by Crippen LogP contribution is -2.21. The normalized spacial score (nSPS) is 12.1. The number of nitrogens with one attached hydrogen (secondary N) is 1. The Morgan fingerprint density at radius 1 is 1.18 bits per heavy atom. The van der Waals surface area contributed by atoms with Gasteiger partial charge in [0, 0.05) is 29.9 Å². The number of hydrogen-bond donors (Lipinski definition) is 3. The summed E-state index contributed by atoms with van der Waals surface area (Å²) in [5.74, 6) is -0.351. The van der Waals surface area contributed by atoms with Crippen LogP contribution in [-0.2, 0) is 17.1 Å². The molecule has 0 aliphatic carbocycles. The van der Waals surface area contributed by atoms with E-state index in [4.69, 9.17) is 45.7 Å². The van der Waals surface area contributed by atoms with E-state index in [1.165, 1.54) is 34.8 Å². The van der Waals surface area contributed by atoms with E-state index in [1.807, 2.05) is 5.38 Å². The Morgan fingerprint density at radius 2 is 1.85 bits per heavy atom. The second-order valence-electron chi connectivity index (χ2n) is 7.02. The predicted octanol–water partition coefficient (Wildman–Crippen LogP) is 4.80. The van der Waals surface area contributed by atoms with E-state index < -0.39 is 19.6 Å². The maximum absolute atomic E-state index is 12.3. The maximum atomic E-state index is 12.3. The Labute approximate surface area is 217 Å². The van der Waals surface area contributed by atoms with E-state index in [2.05, 4.69) is 15.3 Å². The topological polar surface area (TPSA) is 146 Å². The number of ketones is 1. The number of rotatable bonds is 6. The lowest BCUT2D eigenvalue weighted by Gasteiger charge is -2.09. The number of aryl methyl sites for hydroxylation is 1. The fraction of sp³-hybridized carbons (Fsp3) is 0.105. The molecule has 0 amide bonds. The molecule has 0 bridgehead atoms. The summed E-state index contributed by atoms with van der Waals surface area (Å²) in [7, 11) is -2.10. The van der Waals surface area contributed by atoms with Crippen LogP contribution >= 0.6 is 57.5 Å². The molecule has 0 aliphatic rings. The summed E-state index contributed by atoms with van der Waals surface area (Å²) in [5, 5.41) is 11.2. The Balaban J connectivity index is 1.56. The molecule has 3 aromatic heterocycles. The van der Waals surface area contributed by atoms with Crippen LogP contribution in [0.5, 0.6) is 0 Å². The summed E-state index contributed by atoms with van der Waals surface area (Å²) >= 11 is 19.8. The number of nitrogens with zero attached hydrogens (tertiary/aromatic N) is 3. The van der Waals surface area contributed by atoms with Gasteiger partial charge in [0.05, 0.1) is 16.3 Å². The van der Waals surface area contributed by atoms with Crippen molar-refractivity contribution in [1.29, 1.82) is 0 Å². The Morgan fingerprint density at radius 3 is 2.47 bits per heavy atom. The molecule has 1 aromatic carbocycles. The molecule has 0 unspecified atom stereocenters. The van der Waals surface area contributed by atoms with Crippen LogP contribution in [0.3, 0.4) is 0 Å². The van der Waals surface area contributed by atoms with Crippen LogP contribution in [0.1, 0.15) is 10.5 Å². The Kier molecular flexibility index (Phi) is 6.68. The smallest absolute Gasteiger partial charge is 0.255 e. The van der Waals surface area contributed by atoms with Crippen molar-refractivity contribution >= 4 is 89.9 Å². The SMILES string of the molecule is Cn1cc(-c2csc(-c3sc(Nc4ccc(S(N)(=O)=O)cc4)nc3N)n2)cc1C(=O)C(Cl)(Cl)Cl. The fourth-order valence-corrected chi connectivity index (χ4v) is 5.62. The predicted molar refractivity (Wildman–Crippen MR) is 138 cm³/mol. The molecule has 0 aliphatic heterocycles. The van der Waals surface area contributed by atoms with Gasteiger partial charge in [-0.25, -0.2) is 23.5 Å². The first kappa shape index (κ1) is 24.9. The summed E-state index contributed by atoms with van der Waals surface area (Å²) in [6.45, 7) is 0. The number of thiazole rings is 2. The molecule has 4 aromatic rings. The molecule has 0 saturated carbocycles. The van der Waals surface area contributed by atoms with Gasteiger partial charge in [0.1, 0.15) is 15.7 Å². The maximum Gasteiger partial charge on any atom is 0.255 e. The van der Waals surface area contributed by atoms with Crippen LogP contribution in [0.25, 0.3) is 21.1 Å². The van der Waals surface area contributed by atoms with Gasteiger partial charge < -0.3 is 15.6 Å². The zero-order valence-corrected chi connectivity index (χ0v) is 21.8. The Bertz CT molecular complexity index is 1490. The van der Waals surface area contributed by atoms with Crippen molar-refractivity contribution in [2.45, 2.75) is 8.69 Å². The van der Waals surface area contributed by atoms with Crippen molar-refractivity contribution in [3.05, 3.63) is 47.6 Å². The molecule has 0 atom stereocenters. The highest BCUT2D eigenvalue weighted by Crippen LogP contribution is 2.39. The third kappa shape index (κ3) is 5.23. The highest BCUT2D eigenvalue weighted by atomic mass is 35.6. The van der Waals surface area contributed by atoms with Crippen LogP contribution in [0, 0.1) is 0 Å². The summed E-state index contributed by atoms with van der Waals surface area (Å²) in [5.41, 5.74) is 8.27. The zero-order chi connectivity index (χ0) is 24.8. The lowest BCUT2D eigenvalue weighted by molar-refractivity contribution is 0.0988. The number of nitrogens with two attached hydrogens (primary N) is 2. The summed E-state index contributed by atoms with van der Waals surface area (Å²) in [4.78, 5) is 21.9. The molecular formula is C19H15Cl3N6O3S3. The molecule has 9 nitrogen and oxygen atoms in total. The summed E-state index contributed by atoms with van der Waals surface area (Å²) in [6.07, 6.45) is 1.72. The molecule has 178 valence electrons. The first-order valence-electron chi connectivity index (χ1n) is 9.23. The van der Waals surface area contributed by atoms with Crippen molar-refractivity contribution in [1.82, 2.24) is 14.5 Å². The number of primary sulfonamides is 1. The molecule has 0 saturated heterocycles. The van der Waals surface area contributed by atoms with Crippen molar-refractivity contribution < 1.29 is 13.2 Å². The van der Waals surface area contributed by atoms with E-state index in [9.17, 15) is 13.2 Å². The van der Waals surface area contributed by atoms with Gasteiger partial charge in [-0.15, -0.1) is 11.3 Å². The third-order valence-electron chi connectivity index (χ3n) is 4.58. The van der Waals surface area contributed by atoms with Gasteiger partial charge in [0.2, 0.25) is 15.8 Å². The quantitative estimate of drug-likeness (QED) is 0.220. The van der Waals surface area contributed by atoms with Crippen LogP contribution in [0.15, 0.2) is 46.8 Å². The first-order chi connectivity index (χ1) is 15.8. The molecule has 0 fully saturated rings. The van der Waals surface area contributed by atoms with E-state index in [0.29, 0.717) is 32.0 Å². The largest absolute Gasteiger partial charge is 0.382 e. The number of anilines is 3. The second kappa shape index (κ2) is 9.11. The van der Waals surface area contributed by atoms with E-state index >= 15 is 0 Å². The van der Waals surface area contributed by atoms with Crippen molar-refractivity contribution in [2.24, 2.45) is 12.2 Å². The number of Topliss-reactive ketones (excluding diaryl/α,β-unsaturated/α-hetero) is 1. The van der Waals surface area contributed by atoms with Gasteiger partial charge in [0.15, 0.2) is 5.13 Å². The fourth-order valence-electron chi connectivity index (χ4n) is 2.98. The highest BCUT2D eigenvalue weighted by Gasteiger charge is 2.33. The molecule has 15 heteroatoms. The number of sulfonamides is 1. The Hall–Kier alpha value is -2.19. The number of nitrogen functional groups attached to an aromatic ring is 1. The van der Waals surface area contributed by atoms with Gasteiger partial charge >= 0.3 is 0 Å². The number of halogens is 3. The van der Waals surface area contributed by atoms with Crippen molar-refractivity contribution in [3.63, 3.8) is 0 Å². The minimum atomic E-state index is -3.77. The molecular weight excluding hydrogens is 563 g/mol. The number of alkyl halides is 3. The van der Waals surface area contributed by atoms with Gasteiger partial charge in [-0.3, -0.25) is 4.79 Å². The van der Waals surface area contributed by atoms with Crippen LogP contribution < -0.4 is 16.2 Å². The highest BCUT2D eigenvalue weighted by molar-refractivity contribution is 7.89. The molecule has 0 radical (unpaired) electrons. The van der Waals surface area contributed by atoms with Crippen LogP contribution in [0.4, 0.5) is 16.6 Å². The third-order valence-corrected chi connectivity index (χ3v) is 8.00. The number of carbonyl (C=O) groups is 1. The van der Waals surface area contributed by atoms with Gasteiger partial charge in [-0.1, -0.05) is 46.1 Å². The van der Waals surface area contributed by atoms with Crippen LogP contribution in [-0.4, -0.2) is 32.5 Å². The monoisotopic (exact) mass is 576 g/mol. The minimum Gasteiger partial charge on any atom is -0.382 e. The van der Waals surface area contributed by atoms with Crippen molar-refractivity contribution in [2.75, 3.05) is 11.1 Å². The average molecular weight is 578 g/mol. The summed E-state index contributed by atoms with van der Waals surface area (Å²) in [6, 6.07) is 7.54. The van der Waals surface area contributed by atoms with Crippen molar-refractivity contribution in [3.8, 4) is 21.1 Å². The number of carbonyl (C=O) groups excluding carboxylic acids is 1. The van der Waals surface area contributed by atoms with E-state index in [0.717, 1.165) is 0 Å².